The van der Waals surface area contributed by atoms with E-state index in [0.717, 1.165) is 16.9 Å². The molecule has 0 aromatic carbocycles. The zero-order valence-corrected chi connectivity index (χ0v) is 9.95. The Labute approximate surface area is 66.0 Å². The first-order valence-corrected chi connectivity index (χ1v) is 1.73. The summed E-state index contributed by atoms with van der Waals surface area (Å²) < 4.78 is -0.833. The van der Waals surface area contributed by atoms with Gasteiger partial charge in [-0.15, -0.1) is 0 Å². The molecule has 0 saturated carbocycles. The Hall–Kier alpha value is 1.09. The predicted molar refractivity (Wildman–Crippen MR) is 30.9 cm³/mol. The van der Waals surface area contributed by atoms with Crippen LogP contribution in [0.1, 0.15) is 0 Å². The van der Waals surface area contributed by atoms with Gasteiger partial charge in [-0.3, -0.25) is 0 Å². The van der Waals surface area contributed by atoms with Gasteiger partial charge in [0, 0.05) is 0 Å². The van der Waals surface area contributed by atoms with Crippen molar-refractivity contribution >= 4 is 56.3 Å². The third kappa shape index (κ3) is 71.6. The first-order chi connectivity index (χ1) is 1.73. The summed E-state index contributed by atoms with van der Waals surface area (Å²) in [7, 11) is 0. The second-order valence-electron chi connectivity index (χ2n) is 0.305. The van der Waals surface area contributed by atoms with Crippen molar-refractivity contribution in [2.45, 2.75) is 0 Å². The Morgan fingerprint density at radius 1 is 1.67 bits per heavy atom. The van der Waals surface area contributed by atoms with Crippen LogP contribution in [0, 0.1) is 0 Å². The van der Waals surface area contributed by atoms with Crippen LogP contribution < -0.4 is 0 Å². The topological polar surface area (TPSA) is 37.3 Å². The van der Waals surface area contributed by atoms with Crippen LogP contribution in [0.5, 0.6) is 0 Å². The van der Waals surface area contributed by atoms with Gasteiger partial charge in [0.05, 0.1) is 0 Å². The first kappa shape index (κ1) is 15.7. The Kier molecular flexibility index (Phi) is 24.7. The van der Waals surface area contributed by atoms with Crippen molar-refractivity contribution in [3.8, 4) is 0 Å². The molecule has 0 bridgehead atoms. The maximum atomic E-state index is 9.00. The predicted octanol–water partition coefficient (Wildman–Crippen LogP) is -2.00. The first-order valence-electron chi connectivity index (χ1n) is 0.678. The number of carbonyl (C=O) groups is 1. The Morgan fingerprint density at radius 3 is 1.67 bits per heavy atom. The molecule has 0 aliphatic rings. The van der Waals surface area contributed by atoms with Gasteiger partial charge in [0.25, 0.3) is 0 Å². The molecule has 0 aromatic heterocycles. The molecule has 0 aromatic rings. The van der Waals surface area contributed by atoms with Gasteiger partial charge in [-0.1, -0.05) is 0 Å². The van der Waals surface area contributed by atoms with Crippen molar-refractivity contribution in [3.63, 3.8) is 0 Å². The average molecular weight is 276 g/mol. The summed E-state index contributed by atoms with van der Waals surface area (Å²) in [6.45, 7) is 0. The van der Waals surface area contributed by atoms with Gasteiger partial charge in [-0.05, 0) is 0 Å². The molecule has 0 aliphatic heterocycles. The fraction of sp³-hybridized carbons (Fsp3) is 0. The van der Waals surface area contributed by atoms with Crippen LogP contribution >= 0.6 is 0 Å². The van der Waals surface area contributed by atoms with Gasteiger partial charge in [0.2, 0.25) is 0 Å². The van der Waals surface area contributed by atoms with E-state index in [-0.39, 0.29) is 34.7 Å². The molecule has 36 valence electrons. The van der Waals surface area contributed by atoms with E-state index in [1.165, 1.54) is 0 Å². The third-order valence-electron chi connectivity index (χ3n) is 0. The van der Waals surface area contributed by atoms with E-state index in [0.29, 0.717) is 0 Å². The van der Waals surface area contributed by atoms with Gasteiger partial charge < -0.3 is 0 Å². The molecule has 0 saturated heterocycles. The number of carboxylic acid groups (broad SMARTS) is 1. The van der Waals surface area contributed by atoms with Gasteiger partial charge in [0.1, 0.15) is 0 Å². The van der Waals surface area contributed by atoms with Crippen molar-refractivity contribution in [2.75, 3.05) is 0 Å². The summed E-state index contributed by atoms with van der Waals surface area (Å²) in [6.07, 6.45) is 0. The number of hydrogen-bond donors (Lipinski definition) is 1. The second-order valence-corrected chi connectivity index (χ2v) is 1.20. The summed E-state index contributed by atoms with van der Waals surface area (Å²) in [6, 6.07) is 0. The Balaban J connectivity index is -0.0000000450. The molecule has 5 heteroatoms. The number of rotatable bonds is 0. The molecule has 0 unspecified atom stereocenters. The summed E-state index contributed by atoms with van der Waals surface area (Å²) in [4.78, 5) is 9.00. The van der Waals surface area contributed by atoms with E-state index < -0.39 is 4.76 Å². The normalized spacial score (nSPS) is 4.17. The van der Waals surface area contributed by atoms with Crippen LogP contribution in [0.15, 0.2) is 0 Å². The minimum atomic E-state index is -0.833. The molecule has 0 rings (SSSR count). The molecule has 1 N–H and O–H groups in total. The molecular weight excluding hydrogens is 271 g/mol. The standard InChI is InChI=1S/CH2AsO2.GeH2.HSe/c2-1(3)4;;/h2H,(H,3,4);1H2;1H. The van der Waals surface area contributed by atoms with Gasteiger partial charge in [-0.25, -0.2) is 0 Å². The fourth-order valence-electron chi connectivity index (χ4n) is 0. The van der Waals surface area contributed by atoms with E-state index in [2.05, 4.69) is 0 Å². The summed E-state index contributed by atoms with van der Waals surface area (Å²) in [5.41, 5.74) is 0. The van der Waals surface area contributed by atoms with E-state index in [1.807, 2.05) is 0 Å². The molecule has 0 heterocycles. The quantitative estimate of drug-likeness (QED) is 0.519. The molecule has 0 aliphatic carbocycles. The van der Waals surface area contributed by atoms with Crippen molar-refractivity contribution in [1.29, 1.82) is 0 Å². The van der Waals surface area contributed by atoms with E-state index in [1.54, 1.807) is 0 Å². The molecule has 0 fully saturated rings. The van der Waals surface area contributed by atoms with Crippen molar-refractivity contribution in [3.05, 3.63) is 0 Å². The van der Waals surface area contributed by atoms with Gasteiger partial charge >= 0.3 is 66.2 Å². The average Bonchev–Trinajstić information content (AvgIpc) is 0.811. The van der Waals surface area contributed by atoms with Crippen molar-refractivity contribution in [2.24, 2.45) is 0 Å². The zero-order chi connectivity index (χ0) is 3.58. The molecular formula is CH5AsGeO2Se. The van der Waals surface area contributed by atoms with Crippen LogP contribution in [-0.2, 0) is 0 Å². The van der Waals surface area contributed by atoms with Crippen LogP contribution in [-0.4, -0.2) is 61.4 Å². The maximum absolute atomic E-state index is 9.00. The zero-order valence-electron chi connectivity index (χ0n) is 3.01. The monoisotopic (exact) mass is 278 g/mol. The van der Waals surface area contributed by atoms with E-state index in [9.17, 15) is 0 Å². The molecule has 0 spiro atoms. The van der Waals surface area contributed by atoms with Crippen molar-refractivity contribution in [1.82, 2.24) is 0 Å². The molecule has 0 amide bonds. The van der Waals surface area contributed by atoms with Crippen LogP contribution in [0.4, 0.5) is 4.79 Å². The molecule has 2 nitrogen and oxygen atoms in total. The fourth-order valence-corrected chi connectivity index (χ4v) is 0. The van der Waals surface area contributed by atoms with E-state index in [4.69, 9.17) is 9.90 Å². The minimum absolute atomic E-state index is 0. The van der Waals surface area contributed by atoms with E-state index >= 15 is 0 Å². The number of hydrogen-bond acceptors (Lipinski definition) is 1. The Bertz CT molecular complexity index is 36.5. The molecule has 6 heavy (non-hydrogen) atoms. The van der Waals surface area contributed by atoms with Gasteiger partial charge in [0.15, 0.2) is 0 Å². The summed E-state index contributed by atoms with van der Waals surface area (Å²) >= 11 is 1.08. The Morgan fingerprint density at radius 2 is 1.67 bits per heavy atom. The van der Waals surface area contributed by atoms with Crippen LogP contribution in [0.25, 0.3) is 0 Å². The van der Waals surface area contributed by atoms with Crippen LogP contribution in [0.2, 0.25) is 0 Å². The van der Waals surface area contributed by atoms with Gasteiger partial charge in [-0.2, -0.15) is 0 Å². The molecule has 0 atom stereocenters. The summed E-state index contributed by atoms with van der Waals surface area (Å²) in [5.74, 6) is 0. The molecule has 4 radical (unpaired) electrons. The second kappa shape index (κ2) is 9.43. The van der Waals surface area contributed by atoms with Crippen molar-refractivity contribution < 1.29 is 9.90 Å². The van der Waals surface area contributed by atoms with Crippen LogP contribution in [0.3, 0.4) is 0 Å². The third-order valence-corrected chi connectivity index (χ3v) is 0. The SMILES string of the molecule is O=C(O)[AsH].[GeH2].[SeH]. The summed E-state index contributed by atoms with van der Waals surface area (Å²) in [5, 5.41) is 7.42.